The van der Waals surface area contributed by atoms with Crippen LogP contribution in [0.4, 0.5) is 11.6 Å². The van der Waals surface area contributed by atoms with Gasteiger partial charge in [0, 0.05) is 38.6 Å². The molecule has 0 unspecified atom stereocenters. The maximum Gasteiger partial charge on any atom is 0.253 e. The van der Waals surface area contributed by atoms with E-state index in [4.69, 9.17) is 14.2 Å². The normalized spacial score (nSPS) is 14.5. The van der Waals surface area contributed by atoms with Crippen LogP contribution in [-0.4, -0.2) is 66.3 Å². The molecule has 2 N–H and O–H groups in total. The number of piperidine rings is 1. The smallest absolute Gasteiger partial charge is 0.253 e. The van der Waals surface area contributed by atoms with Crippen molar-refractivity contribution in [1.82, 2.24) is 19.9 Å². The van der Waals surface area contributed by atoms with Crippen LogP contribution >= 0.6 is 0 Å². The van der Waals surface area contributed by atoms with E-state index in [0.717, 1.165) is 37.9 Å². The summed E-state index contributed by atoms with van der Waals surface area (Å²) in [5.74, 6) is 1.94. The number of hydrogen-bond acceptors (Lipinski definition) is 7. The zero-order valence-corrected chi connectivity index (χ0v) is 18.7. The van der Waals surface area contributed by atoms with Gasteiger partial charge in [-0.05, 0) is 49.9 Å². The molecule has 3 heterocycles. The van der Waals surface area contributed by atoms with Crippen LogP contribution in [0.1, 0.15) is 30.1 Å². The lowest BCUT2D eigenvalue weighted by Crippen LogP contribution is -2.39. The predicted molar refractivity (Wildman–Crippen MR) is 122 cm³/mol. The molecule has 1 amide bonds. The third-order valence-electron chi connectivity index (χ3n) is 5.66. The number of H-pyrrole nitrogens is 1. The van der Waals surface area contributed by atoms with Crippen molar-refractivity contribution in [2.75, 3.05) is 45.8 Å². The van der Waals surface area contributed by atoms with E-state index < -0.39 is 0 Å². The minimum absolute atomic E-state index is 0.00778. The SMILES string of the molecule is CCOc1nc(Nc2ccc(C(=O)N3CCC(COC)CC3)cc2OC)nc2[nH]ccc12. The number of benzene rings is 1. The van der Waals surface area contributed by atoms with Gasteiger partial charge in [-0.3, -0.25) is 4.79 Å². The summed E-state index contributed by atoms with van der Waals surface area (Å²) in [6.07, 6.45) is 3.71. The number of fused-ring (bicyclic) bond motifs is 1. The Kier molecular flexibility index (Phi) is 6.75. The van der Waals surface area contributed by atoms with Crippen LogP contribution in [0, 0.1) is 5.92 Å². The zero-order valence-electron chi connectivity index (χ0n) is 18.7. The summed E-state index contributed by atoms with van der Waals surface area (Å²) in [6, 6.07) is 7.24. The number of carbonyl (C=O) groups excluding carboxylic acids is 1. The van der Waals surface area contributed by atoms with E-state index in [1.807, 2.05) is 24.0 Å². The third-order valence-corrected chi connectivity index (χ3v) is 5.66. The zero-order chi connectivity index (χ0) is 22.5. The Balaban J connectivity index is 1.52. The summed E-state index contributed by atoms with van der Waals surface area (Å²) in [7, 11) is 3.30. The van der Waals surface area contributed by atoms with Crippen LogP contribution < -0.4 is 14.8 Å². The second-order valence-corrected chi connectivity index (χ2v) is 7.76. The highest BCUT2D eigenvalue weighted by Crippen LogP contribution is 2.31. The fourth-order valence-electron chi connectivity index (χ4n) is 3.98. The Labute approximate surface area is 187 Å². The van der Waals surface area contributed by atoms with Crippen LogP contribution in [0.15, 0.2) is 30.5 Å². The molecule has 0 saturated carbocycles. The van der Waals surface area contributed by atoms with Crippen LogP contribution in [0.3, 0.4) is 0 Å². The van der Waals surface area contributed by atoms with Gasteiger partial charge in [-0.1, -0.05) is 0 Å². The summed E-state index contributed by atoms with van der Waals surface area (Å²) in [6.45, 7) is 4.63. The van der Waals surface area contributed by atoms with Crippen molar-refractivity contribution in [3.05, 3.63) is 36.0 Å². The molecule has 0 atom stereocenters. The lowest BCUT2D eigenvalue weighted by atomic mass is 9.97. The lowest BCUT2D eigenvalue weighted by molar-refractivity contribution is 0.0613. The number of methoxy groups -OCH3 is 2. The number of ether oxygens (including phenoxy) is 3. The highest BCUT2D eigenvalue weighted by molar-refractivity contribution is 5.95. The molecule has 0 bridgehead atoms. The molecule has 0 spiro atoms. The molecule has 1 fully saturated rings. The van der Waals surface area contributed by atoms with Gasteiger partial charge in [-0.15, -0.1) is 0 Å². The molecule has 1 aliphatic rings. The van der Waals surface area contributed by atoms with Gasteiger partial charge in [0.1, 0.15) is 11.4 Å². The first kappa shape index (κ1) is 21.9. The maximum absolute atomic E-state index is 13.0. The number of aromatic nitrogens is 3. The summed E-state index contributed by atoms with van der Waals surface area (Å²) < 4.78 is 16.5. The van der Waals surface area contributed by atoms with E-state index in [1.165, 1.54) is 0 Å². The molecule has 1 saturated heterocycles. The molecule has 1 aromatic carbocycles. The Morgan fingerprint density at radius 3 is 2.75 bits per heavy atom. The molecular weight excluding hydrogens is 410 g/mol. The van der Waals surface area contributed by atoms with Crippen LogP contribution in [0.25, 0.3) is 11.0 Å². The van der Waals surface area contributed by atoms with Gasteiger partial charge in [0.15, 0.2) is 0 Å². The molecular formula is C23H29N5O4. The van der Waals surface area contributed by atoms with Gasteiger partial charge in [-0.2, -0.15) is 9.97 Å². The van der Waals surface area contributed by atoms with Gasteiger partial charge in [-0.25, -0.2) is 0 Å². The number of nitrogens with one attached hydrogen (secondary N) is 2. The summed E-state index contributed by atoms with van der Waals surface area (Å²) in [5, 5.41) is 4.00. The fourth-order valence-corrected chi connectivity index (χ4v) is 3.98. The minimum Gasteiger partial charge on any atom is -0.495 e. The monoisotopic (exact) mass is 439 g/mol. The van der Waals surface area contributed by atoms with Crippen molar-refractivity contribution >= 4 is 28.6 Å². The first-order valence-corrected chi connectivity index (χ1v) is 10.8. The average molecular weight is 440 g/mol. The van der Waals surface area contributed by atoms with Gasteiger partial charge in [0.25, 0.3) is 5.91 Å². The first-order chi connectivity index (χ1) is 15.6. The number of likely N-dealkylation sites (tertiary alicyclic amines) is 1. The Bertz CT molecular complexity index is 1080. The van der Waals surface area contributed by atoms with Gasteiger partial charge < -0.3 is 29.4 Å². The molecule has 4 rings (SSSR count). The maximum atomic E-state index is 13.0. The Morgan fingerprint density at radius 1 is 1.22 bits per heavy atom. The lowest BCUT2D eigenvalue weighted by Gasteiger charge is -2.31. The highest BCUT2D eigenvalue weighted by Gasteiger charge is 2.24. The number of hydrogen-bond donors (Lipinski definition) is 2. The minimum atomic E-state index is 0.00778. The number of anilines is 2. The molecule has 32 heavy (non-hydrogen) atoms. The number of amides is 1. The Morgan fingerprint density at radius 2 is 2.03 bits per heavy atom. The largest absolute Gasteiger partial charge is 0.495 e. The van der Waals surface area contributed by atoms with E-state index in [2.05, 4.69) is 20.3 Å². The van der Waals surface area contributed by atoms with E-state index in [0.29, 0.717) is 47.0 Å². The molecule has 9 heteroatoms. The Hall–Kier alpha value is -3.33. The first-order valence-electron chi connectivity index (χ1n) is 10.8. The van der Waals surface area contributed by atoms with E-state index in [-0.39, 0.29) is 5.91 Å². The summed E-state index contributed by atoms with van der Waals surface area (Å²) in [4.78, 5) is 27.0. The van der Waals surface area contributed by atoms with Gasteiger partial charge >= 0.3 is 0 Å². The molecule has 1 aliphatic heterocycles. The van der Waals surface area contributed by atoms with Crippen molar-refractivity contribution in [2.45, 2.75) is 19.8 Å². The van der Waals surface area contributed by atoms with Crippen LogP contribution in [-0.2, 0) is 4.74 Å². The molecule has 9 nitrogen and oxygen atoms in total. The van der Waals surface area contributed by atoms with Crippen LogP contribution in [0.2, 0.25) is 0 Å². The number of aromatic amines is 1. The van der Waals surface area contributed by atoms with E-state index in [1.54, 1.807) is 32.5 Å². The van der Waals surface area contributed by atoms with Crippen molar-refractivity contribution in [2.24, 2.45) is 5.92 Å². The molecule has 170 valence electrons. The summed E-state index contributed by atoms with van der Waals surface area (Å²) >= 11 is 0. The van der Waals surface area contributed by atoms with E-state index in [9.17, 15) is 4.79 Å². The fraction of sp³-hybridized carbons (Fsp3) is 0.435. The standard InChI is InChI=1S/C23H29N5O4/c1-4-32-21-17-7-10-24-20(17)26-23(27-21)25-18-6-5-16(13-19(18)31-3)22(29)28-11-8-15(9-12-28)14-30-2/h5-7,10,13,15H,4,8-9,11-12,14H2,1-3H3,(H2,24,25,26,27). The van der Waals surface area contributed by atoms with Crippen molar-refractivity contribution in [1.29, 1.82) is 0 Å². The number of carbonyl (C=O) groups is 1. The number of nitrogens with zero attached hydrogens (tertiary/aromatic N) is 3. The average Bonchev–Trinajstić information content (AvgIpc) is 3.29. The van der Waals surface area contributed by atoms with Gasteiger partial charge in [0.05, 0.1) is 24.8 Å². The number of rotatable bonds is 8. The molecule has 0 radical (unpaired) electrons. The van der Waals surface area contributed by atoms with Crippen molar-refractivity contribution < 1.29 is 19.0 Å². The molecule has 2 aromatic heterocycles. The molecule has 0 aliphatic carbocycles. The predicted octanol–water partition coefficient (Wildman–Crippen LogP) is 3.61. The quantitative estimate of drug-likeness (QED) is 0.553. The molecule has 3 aromatic rings. The van der Waals surface area contributed by atoms with Crippen molar-refractivity contribution in [3.63, 3.8) is 0 Å². The van der Waals surface area contributed by atoms with Gasteiger partial charge in [0.2, 0.25) is 11.8 Å². The third kappa shape index (κ3) is 4.62. The van der Waals surface area contributed by atoms with Crippen LogP contribution in [0.5, 0.6) is 11.6 Å². The summed E-state index contributed by atoms with van der Waals surface area (Å²) in [5.41, 5.74) is 1.93. The highest BCUT2D eigenvalue weighted by atomic mass is 16.5. The second kappa shape index (κ2) is 9.86. The topological polar surface area (TPSA) is 102 Å². The van der Waals surface area contributed by atoms with Crippen molar-refractivity contribution in [3.8, 4) is 11.6 Å². The second-order valence-electron chi connectivity index (χ2n) is 7.76. The van der Waals surface area contributed by atoms with E-state index >= 15 is 0 Å².